The van der Waals surface area contributed by atoms with Crippen molar-refractivity contribution < 1.29 is 19.0 Å². The summed E-state index contributed by atoms with van der Waals surface area (Å²) in [5.74, 6) is 2.36. The highest BCUT2D eigenvalue weighted by Gasteiger charge is 2.18. The fourth-order valence-electron chi connectivity index (χ4n) is 4.23. The van der Waals surface area contributed by atoms with Gasteiger partial charge in [0.05, 0.1) is 38.9 Å². The number of imidazole rings is 1. The molecule has 9 heteroatoms. The molecular formula is C25H25N5O4. The first-order valence-electron chi connectivity index (χ1n) is 10.9. The molecule has 1 aliphatic rings. The number of benzene rings is 2. The summed E-state index contributed by atoms with van der Waals surface area (Å²) < 4.78 is 18.4. The summed E-state index contributed by atoms with van der Waals surface area (Å²) in [4.78, 5) is 17.3. The number of nitrogens with zero attached hydrogens (tertiary/aromatic N) is 3. The molecule has 0 saturated heterocycles. The number of H-pyrrole nitrogens is 1. The number of nitrogens with one attached hydrogen (secondary N) is 2. The molecule has 9 nitrogen and oxygen atoms in total. The van der Waals surface area contributed by atoms with E-state index < -0.39 is 0 Å². The maximum Gasteiger partial charge on any atom is 0.273 e. The van der Waals surface area contributed by atoms with Crippen molar-refractivity contribution in [2.45, 2.75) is 19.4 Å². The van der Waals surface area contributed by atoms with Crippen LogP contribution >= 0.6 is 0 Å². The topological polar surface area (TPSA) is 103 Å². The lowest BCUT2D eigenvalue weighted by atomic mass is 10.1. The van der Waals surface area contributed by atoms with E-state index in [2.05, 4.69) is 25.1 Å². The van der Waals surface area contributed by atoms with Gasteiger partial charge in [0.2, 0.25) is 5.75 Å². The van der Waals surface area contributed by atoms with Crippen LogP contribution in [0.3, 0.4) is 0 Å². The number of methoxy groups -OCH3 is 3. The van der Waals surface area contributed by atoms with Crippen molar-refractivity contribution in [3.8, 4) is 39.8 Å². The average Bonchev–Trinajstić information content (AvgIpc) is 3.61. The van der Waals surface area contributed by atoms with Crippen molar-refractivity contribution in [3.63, 3.8) is 0 Å². The minimum Gasteiger partial charge on any atom is -0.493 e. The summed E-state index contributed by atoms with van der Waals surface area (Å²) in [6.45, 7) is 0.997. The molecule has 0 bridgehead atoms. The second-order valence-electron chi connectivity index (χ2n) is 7.93. The highest BCUT2D eigenvalue weighted by Crippen LogP contribution is 2.40. The van der Waals surface area contributed by atoms with Gasteiger partial charge in [-0.05, 0) is 42.3 Å². The van der Waals surface area contributed by atoms with Crippen molar-refractivity contribution in [2.24, 2.45) is 0 Å². The number of aromatic nitrogens is 4. The number of rotatable bonds is 7. The molecule has 2 aromatic heterocycles. The lowest BCUT2D eigenvalue weighted by Crippen LogP contribution is -2.12. The minimum atomic E-state index is -0.288. The first-order chi connectivity index (χ1) is 16.6. The van der Waals surface area contributed by atoms with Crippen LogP contribution in [0, 0.1) is 0 Å². The predicted molar refractivity (Wildman–Crippen MR) is 128 cm³/mol. The molecule has 0 aliphatic carbocycles. The Balaban J connectivity index is 1.33. The molecule has 1 aliphatic heterocycles. The number of aromatic amines is 1. The van der Waals surface area contributed by atoms with E-state index in [9.17, 15) is 4.79 Å². The van der Waals surface area contributed by atoms with Crippen LogP contribution in [0.15, 0.2) is 48.7 Å². The molecule has 4 aromatic rings. The second kappa shape index (κ2) is 8.93. The van der Waals surface area contributed by atoms with Gasteiger partial charge >= 0.3 is 0 Å². The Bertz CT molecular complexity index is 1310. The van der Waals surface area contributed by atoms with Crippen molar-refractivity contribution in [1.29, 1.82) is 0 Å². The van der Waals surface area contributed by atoms with E-state index in [1.54, 1.807) is 39.5 Å². The predicted octanol–water partition coefficient (Wildman–Crippen LogP) is 4.16. The van der Waals surface area contributed by atoms with Gasteiger partial charge in [-0.3, -0.25) is 9.89 Å². The van der Waals surface area contributed by atoms with Gasteiger partial charge in [-0.1, -0.05) is 12.1 Å². The number of fused-ring (bicyclic) bond motifs is 1. The maximum atomic E-state index is 12.8. The number of carbonyl (C=O) groups excluding carboxylic acids is 1. The monoisotopic (exact) mass is 459 g/mol. The zero-order valence-electron chi connectivity index (χ0n) is 19.2. The summed E-state index contributed by atoms with van der Waals surface area (Å²) in [6, 6.07) is 13.0. The molecule has 0 atom stereocenters. The van der Waals surface area contributed by atoms with Crippen LogP contribution in [-0.4, -0.2) is 47.0 Å². The van der Waals surface area contributed by atoms with Gasteiger partial charge in [0.25, 0.3) is 5.91 Å². The molecular weight excluding hydrogens is 434 g/mol. The Hall–Kier alpha value is -4.27. The Kier molecular flexibility index (Phi) is 5.67. The normalized spacial score (nSPS) is 12.3. The summed E-state index contributed by atoms with van der Waals surface area (Å²) in [5, 5.41) is 10.0. The molecule has 3 heterocycles. The maximum absolute atomic E-state index is 12.8. The van der Waals surface area contributed by atoms with Crippen LogP contribution in [0.2, 0.25) is 0 Å². The number of amides is 1. The van der Waals surface area contributed by atoms with E-state index in [1.165, 1.54) is 0 Å². The summed E-state index contributed by atoms with van der Waals surface area (Å²) in [6.07, 6.45) is 4.07. The van der Waals surface area contributed by atoms with Gasteiger partial charge in [-0.2, -0.15) is 5.10 Å². The van der Waals surface area contributed by atoms with Gasteiger partial charge in [-0.25, -0.2) is 4.98 Å². The highest BCUT2D eigenvalue weighted by molar-refractivity contribution is 6.03. The first kappa shape index (κ1) is 21.6. The minimum absolute atomic E-state index is 0.288. The molecule has 0 saturated carbocycles. The first-order valence-corrected chi connectivity index (χ1v) is 10.9. The van der Waals surface area contributed by atoms with Gasteiger partial charge in [0, 0.05) is 24.2 Å². The number of carbonyl (C=O) groups is 1. The van der Waals surface area contributed by atoms with E-state index in [0.29, 0.717) is 34.3 Å². The Morgan fingerprint density at radius 3 is 2.41 bits per heavy atom. The van der Waals surface area contributed by atoms with E-state index in [0.717, 1.165) is 42.0 Å². The molecule has 2 aromatic carbocycles. The fraction of sp³-hybridized carbons (Fsp3) is 0.240. The van der Waals surface area contributed by atoms with Crippen LogP contribution in [0.4, 0.5) is 5.69 Å². The smallest absolute Gasteiger partial charge is 0.273 e. The highest BCUT2D eigenvalue weighted by atomic mass is 16.5. The van der Waals surface area contributed by atoms with Crippen molar-refractivity contribution >= 4 is 11.6 Å². The molecule has 5 rings (SSSR count). The Labute approximate surface area is 196 Å². The molecule has 0 fully saturated rings. The standard InChI is InChI=1S/C25H25N5O4/c1-32-21-11-16(12-22(33-2)24(21)34-3)18-13-19(29-28-18)25(31)27-17-8-6-15(7-9-17)20-14-26-23-5-4-10-30(20)23/h6-9,11-14H,4-5,10H2,1-3H3,(H,27,31)(H,28,29). The summed E-state index contributed by atoms with van der Waals surface area (Å²) in [7, 11) is 4.65. The number of ether oxygens (including phenoxy) is 3. The van der Waals surface area contributed by atoms with Crippen molar-refractivity contribution in [3.05, 3.63) is 60.2 Å². The van der Waals surface area contributed by atoms with Crippen molar-refractivity contribution in [2.75, 3.05) is 26.6 Å². The number of hydrogen-bond acceptors (Lipinski definition) is 6. The SMILES string of the molecule is COc1cc(-c2cc(C(=O)Nc3ccc(-c4cnc5n4CCC5)cc3)[nH]n2)cc(OC)c1OC. The molecule has 0 unspecified atom stereocenters. The molecule has 0 spiro atoms. The quantitative estimate of drug-likeness (QED) is 0.430. The van der Waals surface area contributed by atoms with Gasteiger partial charge in [0.15, 0.2) is 11.5 Å². The number of aryl methyl sites for hydroxylation is 1. The van der Waals surface area contributed by atoms with E-state index in [4.69, 9.17) is 14.2 Å². The third kappa shape index (κ3) is 3.85. The zero-order valence-corrected chi connectivity index (χ0v) is 19.2. The van der Waals surface area contributed by atoms with E-state index in [-0.39, 0.29) is 5.91 Å². The number of hydrogen-bond donors (Lipinski definition) is 2. The third-order valence-electron chi connectivity index (χ3n) is 5.94. The van der Waals surface area contributed by atoms with Gasteiger partial charge in [0.1, 0.15) is 11.5 Å². The zero-order chi connectivity index (χ0) is 23.7. The second-order valence-corrected chi connectivity index (χ2v) is 7.93. The Morgan fingerprint density at radius 1 is 1.00 bits per heavy atom. The lowest BCUT2D eigenvalue weighted by Gasteiger charge is -2.13. The summed E-state index contributed by atoms with van der Waals surface area (Å²) in [5.41, 5.74) is 4.51. The molecule has 2 N–H and O–H groups in total. The molecule has 174 valence electrons. The van der Waals surface area contributed by atoms with Crippen molar-refractivity contribution in [1.82, 2.24) is 19.7 Å². The molecule has 0 radical (unpaired) electrons. The third-order valence-corrected chi connectivity index (χ3v) is 5.94. The van der Waals surface area contributed by atoms with E-state index >= 15 is 0 Å². The summed E-state index contributed by atoms with van der Waals surface area (Å²) >= 11 is 0. The number of anilines is 1. The average molecular weight is 460 g/mol. The van der Waals surface area contributed by atoms with Crippen LogP contribution in [0.25, 0.3) is 22.5 Å². The van der Waals surface area contributed by atoms with Crippen LogP contribution in [-0.2, 0) is 13.0 Å². The molecule has 1 amide bonds. The van der Waals surface area contributed by atoms with Gasteiger partial charge in [-0.15, -0.1) is 0 Å². The fourth-order valence-corrected chi connectivity index (χ4v) is 4.23. The lowest BCUT2D eigenvalue weighted by molar-refractivity contribution is 0.102. The molecule has 34 heavy (non-hydrogen) atoms. The van der Waals surface area contributed by atoms with E-state index in [1.807, 2.05) is 30.5 Å². The van der Waals surface area contributed by atoms with Crippen LogP contribution in [0.5, 0.6) is 17.2 Å². The largest absolute Gasteiger partial charge is 0.493 e. The van der Waals surface area contributed by atoms with Crippen LogP contribution in [0.1, 0.15) is 22.7 Å². The Morgan fingerprint density at radius 2 is 1.74 bits per heavy atom. The van der Waals surface area contributed by atoms with Gasteiger partial charge < -0.3 is 24.1 Å². The van der Waals surface area contributed by atoms with Crippen LogP contribution < -0.4 is 19.5 Å².